The molecule has 59 heavy (non-hydrogen) atoms. The molecule has 0 saturated heterocycles. The van der Waals surface area contributed by atoms with Gasteiger partial charge in [0.1, 0.15) is 0 Å². The summed E-state index contributed by atoms with van der Waals surface area (Å²) in [5.74, 6) is 1.62. The summed E-state index contributed by atoms with van der Waals surface area (Å²) in [6.07, 6.45) is 9.49. The van der Waals surface area contributed by atoms with Crippen molar-refractivity contribution in [1.29, 1.82) is 0 Å². The number of nitrogens with zero attached hydrogens (tertiary/aromatic N) is 1. The fourth-order valence-electron chi connectivity index (χ4n) is 10.3. The SMILES string of the molecule is CCC1CCCC(c2ccc(-c3ccc(N(c4ccc5c(c4)C(C)(c4ccc(C(C)(C)C)cc4)c4ccccc4-5)c4ccccc4-c4ccccc4)cc3)cc2)CCC1. The van der Waals surface area contributed by atoms with E-state index in [0.29, 0.717) is 5.92 Å². The summed E-state index contributed by atoms with van der Waals surface area (Å²) >= 11 is 0. The van der Waals surface area contributed by atoms with Gasteiger partial charge >= 0.3 is 0 Å². The van der Waals surface area contributed by atoms with Crippen molar-refractivity contribution in [3.63, 3.8) is 0 Å². The van der Waals surface area contributed by atoms with Crippen molar-refractivity contribution >= 4 is 17.1 Å². The lowest BCUT2D eigenvalue weighted by Gasteiger charge is -2.32. The molecule has 0 amide bonds. The Balaban J connectivity index is 1.12. The van der Waals surface area contributed by atoms with Gasteiger partial charge in [-0.3, -0.25) is 0 Å². The molecule has 2 aliphatic carbocycles. The lowest BCUT2D eigenvalue weighted by atomic mass is 9.73. The molecule has 7 aromatic rings. The van der Waals surface area contributed by atoms with E-state index in [1.54, 1.807) is 0 Å². The number of fused-ring (bicyclic) bond motifs is 3. The largest absolute Gasteiger partial charge is 0.310 e. The Labute approximate surface area is 353 Å². The van der Waals surface area contributed by atoms with E-state index in [0.717, 1.165) is 23.0 Å². The van der Waals surface area contributed by atoms with Crippen LogP contribution in [0.25, 0.3) is 33.4 Å². The van der Waals surface area contributed by atoms with Gasteiger partial charge in [0.25, 0.3) is 0 Å². The summed E-state index contributed by atoms with van der Waals surface area (Å²) in [6, 6.07) is 64.1. The zero-order valence-corrected chi connectivity index (χ0v) is 35.7. The van der Waals surface area contributed by atoms with Crippen LogP contribution in [0.5, 0.6) is 0 Å². The molecule has 1 fully saturated rings. The summed E-state index contributed by atoms with van der Waals surface area (Å²) < 4.78 is 0. The second-order valence-electron chi connectivity index (χ2n) is 18.4. The number of anilines is 3. The highest BCUT2D eigenvalue weighted by molar-refractivity contribution is 5.91. The molecule has 1 saturated carbocycles. The molecule has 1 atom stereocenters. The molecule has 0 aliphatic heterocycles. The molecule has 7 aromatic carbocycles. The van der Waals surface area contributed by atoms with Gasteiger partial charge in [-0.1, -0.05) is 199 Å². The lowest BCUT2D eigenvalue weighted by molar-refractivity contribution is 0.350. The van der Waals surface area contributed by atoms with Crippen LogP contribution in [0, 0.1) is 5.92 Å². The Morgan fingerprint density at radius 3 is 1.76 bits per heavy atom. The summed E-state index contributed by atoms with van der Waals surface area (Å²) in [4.78, 5) is 2.47. The van der Waals surface area contributed by atoms with Crippen molar-refractivity contribution in [2.75, 3.05) is 4.90 Å². The molecule has 0 bridgehead atoms. The van der Waals surface area contributed by atoms with Gasteiger partial charge in [0.2, 0.25) is 0 Å². The van der Waals surface area contributed by atoms with Gasteiger partial charge in [0.15, 0.2) is 0 Å². The number of para-hydroxylation sites is 1. The molecule has 0 N–H and O–H groups in total. The van der Waals surface area contributed by atoms with Crippen LogP contribution < -0.4 is 4.90 Å². The molecule has 0 radical (unpaired) electrons. The fourth-order valence-corrected chi connectivity index (χ4v) is 10.3. The van der Waals surface area contributed by atoms with Crippen LogP contribution >= 0.6 is 0 Å². The Bertz CT molecular complexity index is 2510. The van der Waals surface area contributed by atoms with Crippen LogP contribution in [0.3, 0.4) is 0 Å². The summed E-state index contributed by atoms with van der Waals surface area (Å²) in [5.41, 5.74) is 17.7. The van der Waals surface area contributed by atoms with E-state index in [-0.39, 0.29) is 10.8 Å². The van der Waals surface area contributed by atoms with Gasteiger partial charge in [-0.15, -0.1) is 0 Å². The van der Waals surface area contributed by atoms with Crippen molar-refractivity contribution in [2.24, 2.45) is 5.92 Å². The van der Waals surface area contributed by atoms with E-state index in [1.807, 2.05) is 0 Å². The van der Waals surface area contributed by atoms with Crippen LogP contribution in [-0.2, 0) is 10.8 Å². The first-order valence-corrected chi connectivity index (χ1v) is 22.2. The number of rotatable bonds is 8. The standard InChI is InChI=1S/C58H59N/c1-6-41-16-14-20-42(21-15-17-41)43-26-28-44(29-27-43)45-30-36-49(37-31-45)59(56-25-13-11-22-51(56)46-18-8-7-9-19-46)50-38-39-53-52-23-10-12-24-54(52)58(5,55(53)40-50)48-34-32-47(33-35-48)57(2,3)4/h7-13,18-19,22-42H,6,14-17,20-21H2,1-5H3. The Kier molecular flexibility index (Phi) is 10.6. The Morgan fingerprint density at radius 2 is 1.10 bits per heavy atom. The molecule has 1 nitrogen and oxygen atoms in total. The number of benzene rings is 7. The molecule has 296 valence electrons. The number of hydrogen-bond acceptors (Lipinski definition) is 1. The monoisotopic (exact) mass is 769 g/mol. The maximum Gasteiger partial charge on any atom is 0.0540 e. The quantitative estimate of drug-likeness (QED) is 0.149. The van der Waals surface area contributed by atoms with E-state index in [2.05, 4.69) is 209 Å². The predicted molar refractivity (Wildman–Crippen MR) is 252 cm³/mol. The molecule has 1 unspecified atom stereocenters. The summed E-state index contributed by atoms with van der Waals surface area (Å²) in [7, 11) is 0. The van der Waals surface area contributed by atoms with E-state index in [4.69, 9.17) is 0 Å². The zero-order chi connectivity index (χ0) is 40.6. The smallest absolute Gasteiger partial charge is 0.0540 e. The van der Waals surface area contributed by atoms with E-state index in [1.165, 1.54) is 106 Å². The average molecular weight is 770 g/mol. The molecule has 9 rings (SSSR count). The Morgan fingerprint density at radius 1 is 0.525 bits per heavy atom. The highest BCUT2D eigenvalue weighted by Crippen LogP contribution is 2.54. The minimum absolute atomic E-state index is 0.0936. The normalized spacial score (nSPS) is 19.0. The third-order valence-corrected chi connectivity index (χ3v) is 13.9. The second-order valence-corrected chi connectivity index (χ2v) is 18.4. The van der Waals surface area contributed by atoms with Crippen LogP contribution in [0.1, 0.15) is 113 Å². The Hall–Kier alpha value is -5.66. The van der Waals surface area contributed by atoms with Gasteiger partial charge < -0.3 is 4.90 Å². The van der Waals surface area contributed by atoms with E-state index >= 15 is 0 Å². The summed E-state index contributed by atoms with van der Waals surface area (Å²) in [5, 5.41) is 0. The maximum absolute atomic E-state index is 2.47. The van der Waals surface area contributed by atoms with Crippen molar-refractivity contribution in [3.8, 4) is 33.4 Å². The first kappa shape index (κ1) is 38.8. The van der Waals surface area contributed by atoms with Crippen LogP contribution in [-0.4, -0.2) is 0 Å². The molecule has 1 heteroatoms. The average Bonchev–Trinajstić information content (AvgIpc) is 3.52. The van der Waals surface area contributed by atoms with Crippen molar-refractivity contribution in [3.05, 3.63) is 198 Å². The first-order valence-electron chi connectivity index (χ1n) is 22.2. The number of hydrogen-bond donors (Lipinski definition) is 0. The lowest BCUT2D eigenvalue weighted by Crippen LogP contribution is -2.23. The minimum atomic E-state index is -0.313. The molecular formula is C58H59N. The second kappa shape index (κ2) is 16.2. The van der Waals surface area contributed by atoms with Gasteiger partial charge in [0.05, 0.1) is 5.69 Å². The van der Waals surface area contributed by atoms with Crippen molar-refractivity contribution in [1.82, 2.24) is 0 Å². The molecule has 0 spiro atoms. The van der Waals surface area contributed by atoms with Crippen LogP contribution in [0.15, 0.2) is 170 Å². The highest BCUT2D eigenvalue weighted by Gasteiger charge is 2.41. The topological polar surface area (TPSA) is 3.24 Å². The fraction of sp³-hybridized carbons (Fsp3) is 0.276. The highest BCUT2D eigenvalue weighted by atomic mass is 15.1. The van der Waals surface area contributed by atoms with Gasteiger partial charge in [-0.05, 0) is 123 Å². The van der Waals surface area contributed by atoms with Crippen LogP contribution in [0.4, 0.5) is 17.1 Å². The van der Waals surface area contributed by atoms with E-state index < -0.39 is 0 Å². The van der Waals surface area contributed by atoms with Gasteiger partial charge in [0, 0.05) is 22.4 Å². The first-order chi connectivity index (χ1) is 28.7. The van der Waals surface area contributed by atoms with E-state index in [9.17, 15) is 0 Å². The molecule has 2 aliphatic rings. The van der Waals surface area contributed by atoms with Crippen LogP contribution in [0.2, 0.25) is 0 Å². The maximum atomic E-state index is 2.47. The van der Waals surface area contributed by atoms with Crippen molar-refractivity contribution in [2.45, 2.75) is 96.3 Å². The molecule has 0 heterocycles. The molecule has 0 aromatic heterocycles. The third kappa shape index (κ3) is 7.46. The summed E-state index contributed by atoms with van der Waals surface area (Å²) in [6.45, 7) is 11.7. The van der Waals surface area contributed by atoms with Crippen molar-refractivity contribution < 1.29 is 0 Å². The molecular weight excluding hydrogens is 711 g/mol. The zero-order valence-electron chi connectivity index (χ0n) is 35.7. The third-order valence-electron chi connectivity index (χ3n) is 13.9. The van der Waals surface area contributed by atoms with Gasteiger partial charge in [-0.2, -0.15) is 0 Å². The predicted octanol–water partition coefficient (Wildman–Crippen LogP) is 16.6. The van der Waals surface area contributed by atoms with Gasteiger partial charge in [-0.25, -0.2) is 0 Å². The minimum Gasteiger partial charge on any atom is -0.310 e.